The van der Waals surface area contributed by atoms with Crippen molar-refractivity contribution in [2.75, 3.05) is 43.0 Å². The maximum atomic E-state index is 11.0. The first kappa shape index (κ1) is 17.5. The normalized spacial score (nSPS) is 18.0. The van der Waals surface area contributed by atoms with E-state index in [1.165, 1.54) is 6.07 Å². The molecule has 0 saturated carbocycles. The Labute approximate surface area is 129 Å². The van der Waals surface area contributed by atoms with Gasteiger partial charge in [0.25, 0.3) is 5.69 Å². The number of hydrogen-bond donors (Lipinski definition) is 3. The van der Waals surface area contributed by atoms with Gasteiger partial charge in [0.15, 0.2) is 0 Å². The lowest BCUT2D eigenvalue weighted by atomic mass is 10.1. The van der Waals surface area contributed by atoms with Crippen LogP contribution < -0.4 is 15.5 Å². The molecular weight excluding hydrogens is 296 g/mol. The van der Waals surface area contributed by atoms with Gasteiger partial charge in [-0.25, -0.2) is 0 Å². The zero-order valence-electron chi connectivity index (χ0n) is 11.9. The Hall–Kier alpha value is -1.57. The van der Waals surface area contributed by atoms with Crippen molar-refractivity contribution in [3.8, 4) is 0 Å². The highest BCUT2D eigenvalue weighted by Gasteiger charge is 2.19. The van der Waals surface area contributed by atoms with Gasteiger partial charge in [0.1, 0.15) is 5.69 Å². The molecule has 118 valence electrons. The van der Waals surface area contributed by atoms with Crippen LogP contribution in [0, 0.1) is 10.1 Å². The first-order valence-corrected chi connectivity index (χ1v) is 6.73. The third-order valence-electron chi connectivity index (χ3n) is 3.34. The smallest absolute Gasteiger partial charge is 0.292 e. The minimum absolute atomic E-state index is 0. The first-order valence-electron chi connectivity index (χ1n) is 6.73. The molecule has 1 aromatic rings. The van der Waals surface area contributed by atoms with Crippen LogP contribution in [0.15, 0.2) is 18.2 Å². The predicted molar refractivity (Wildman–Crippen MR) is 85.6 cm³/mol. The summed E-state index contributed by atoms with van der Waals surface area (Å²) >= 11 is 0. The monoisotopic (exact) mass is 316 g/mol. The van der Waals surface area contributed by atoms with E-state index >= 15 is 0 Å². The molecule has 1 heterocycles. The molecule has 0 radical (unpaired) electrons. The molecule has 1 aliphatic heterocycles. The molecule has 8 heteroatoms. The molecule has 0 spiro atoms. The SMILES string of the molecule is CC1CN(c2ccc([N+](=O)[O-])c(NCCO)c2)CCN1.Cl. The van der Waals surface area contributed by atoms with Crippen LogP contribution in [-0.2, 0) is 0 Å². The molecule has 7 nitrogen and oxygen atoms in total. The van der Waals surface area contributed by atoms with E-state index in [-0.39, 0.29) is 24.7 Å². The summed E-state index contributed by atoms with van der Waals surface area (Å²) in [4.78, 5) is 12.8. The Kier molecular flexibility index (Phi) is 6.67. The van der Waals surface area contributed by atoms with E-state index in [9.17, 15) is 10.1 Å². The van der Waals surface area contributed by atoms with Crippen LogP contribution in [0.2, 0.25) is 0 Å². The van der Waals surface area contributed by atoms with Crippen molar-refractivity contribution in [1.29, 1.82) is 0 Å². The molecule has 0 amide bonds. The summed E-state index contributed by atoms with van der Waals surface area (Å²) in [5.74, 6) is 0. The number of rotatable bonds is 5. The summed E-state index contributed by atoms with van der Waals surface area (Å²) in [6.45, 7) is 4.99. The van der Waals surface area contributed by atoms with E-state index in [4.69, 9.17) is 5.11 Å². The standard InChI is InChI=1S/C13H20N4O3.ClH/c1-10-9-16(6-4-14-10)11-2-3-13(17(19)20)12(8-11)15-5-7-18;/h2-3,8,10,14-15,18H,4-7,9H2,1H3;1H. The molecule has 21 heavy (non-hydrogen) atoms. The van der Waals surface area contributed by atoms with Gasteiger partial charge in [0.05, 0.1) is 11.5 Å². The summed E-state index contributed by atoms with van der Waals surface area (Å²) in [5.41, 5.74) is 1.45. The van der Waals surface area contributed by atoms with Crippen molar-refractivity contribution in [2.24, 2.45) is 0 Å². The number of anilines is 2. The van der Waals surface area contributed by atoms with Crippen LogP contribution in [0.3, 0.4) is 0 Å². The van der Waals surface area contributed by atoms with E-state index < -0.39 is 4.92 Å². The fraction of sp³-hybridized carbons (Fsp3) is 0.538. The highest BCUT2D eigenvalue weighted by atomic mass is 35.5. The number of aliphatic hydroxyl groups is 1. The van der Waals surface area contributed by atoms with Gasteiger partial charge in [-0.2, -0.15) is 0 Å². The van der Waals surface area contributed by atoms with Crippen molar-refractivity contribution >= 4 is 29.5 Å². The number of nitro groups is 1. The predicted octanol–water partition coefficient (Wildman–Crippen LogP) is 1.22. The summed E-state index contributed by atoms with van der Waals surface area (Å²) in [6, 6.07) is 5.47. The molecular formula is C13H21ClN4O3. The number of halogens is 1. The highest BCUT2D eigenvalue weighted by Crippen LogP contribution is 2.29. The second-order valence-corrected chi connectivity index (χ2v) is 4.91. The number of nitrogens with one attached hydrogen (secondary N) is 2. The Morgan fingerprint density at radius 3 is 2.95 bits per heavy atom. The number of nitrogens with zero attached hydrogens (tertiary/aromatic N) is 2. The summed E-state index contributed by atoms with van der Waals surface area (Å²) in [6.07, 6.45) is 0. The molecule has 1 fully saturated rings. The topological polar surface area (TPSA) is 90.7 Å². The average Bonchev–Trinajstić information content (AvgIpc) is 2.44. The van der Waals surface area contributed by atoms with Gasteiger partial charge < -0.3 is 20.6 Å². The number of benzene rings is 1. The van der Waals surface area contributed by atoms with Crippen molar-refractivity contribution < 1.29 is 10.0 Å². The maximum absolute atomic E-state index is 11.0. The lowest BCUT2D eigenvalue weighted by Crippen LogP contribution is -2.49. The van der Waals surface area contributed by atoms with E-state index in [2.05, 4.69) is 22.5 Å². The minimum atomic E-state index is -0.413. The minimum Gasteiger partial charge on any atom is -0.395 e. The Bertz CT molecular complexity index is 486. The van der Waals surface area contributed by atoms with E-state index in [1.807, 2.05) is 0 Å². The van der Waals surface area contributed by atoms with Crippen LogP contribution in [0.1, 0.15) is 6.92 Å². The van der Waals surface area contributed by atoms with Crippen LogP contribution in [0.4, 0.5) is 17.1 Å². The van der Waals surface area contributed by atoms with Gasteiger partial charge in [-0.05, 0) is 19.1 Å². The molecule has 1 aliphatic rings. The zero-order valence-corrected chi connectivity index (χ0v) is 12.7. The van der Waals surface area contributed by atoms with Gasteiger partial charge in [-0.15, -0.1) is 12.4 Å². The number of piperazine rings is 1. The van der Waals surface area contributed by atoms with E-state index in [1.54, 1.807) is 12.1 Å². The molecule has 1 aromatic carbocycles. The largest absolute Gasteiger partial charge is 0.395 e. The second kappa shape index (κ2) is 8.02. The van der Waals surface area contributed by atoms with Crippen LogP contribution in [0.5, 0.6) is 0 Å². The van der Waals surface area contributed by atoms with Crippen molar-refractivity contribution in [1.82, 2.24) is 5.32 Å². The molecule has 0 bridgehead atoms. The second-order valence-electron chi connectivity index (χ2n) is 4.91. The fourth-order valence-electron chi connectivity index (χ4n) is 2.38. The van der Waals surface area contributed by atoms with Gasteiger partial charge in [0.2, 0.25) is 0 Å². The average molecular weight is 317 g/mol. The molecule has 0 aromatic heterocycles. The Balaban J connectivity index is 0.00000220. The zero-order chi connectivity index (χ0) is 14.5. The molecule has 3 N–H and O–H groups in total. The number of aliphatic hydroxyl groups excluding tert-OH is 1. The van der Waals surface area contributed by atoms with Gasteiger partial charge in [-0.3, -0.25) is 10.1 Å². The summed E-state index contributed by atoms with van der Waals surface area (Å²) < 4.78 is 0. The van der Waals surface area contributed by atoms with E-state index in [0.717, 1.165) is 25.3 Å². The third-order valence-corrected chi connectivity index (χ3v) is 3.34. The van der Waals surface area contributed by atoms with Gasteiger partial charge >= 0.3 is 0 Å². The number of nitro benzene ring substituents is 1. The summed E-state index contributed by atoms with van der Waals surface area (Å²) in [5, 5.41) is 26.1. The molecule has 2 rings (SSSR count). The Morgan fingerprint density at radius 2 is 2.33 bits per heavy atom. The highest BCUT2D eigenvalue weighted by molar-refractivity contribution is 5.85. The molecule has 1 saturated heterocycles. The van der Waals surface area contributed by atoms with Crippen LogP contribution >= 0.6 is 12.4 Å². The van der Waals surface area contributed by atoms with Crippen molar-refractivity contribution in [3.05, 3.63) is 28.3 Å². The van der Waals surface area contributed by atoms with Gasteiger partial charge in [-0.1, -0.05) is 0 Å². The maximum Gasteiger partial charge on any atom is 0.292 e. The number of hydrogen-bond acceptors (Lipinski definition) is 6. The Morgan fingerprint density at radius 1 is 1.57 bits per heavy atom. The summed E-state index contributed by atoms with van der Waals surface area (Å²) in [7, 11) is 0. The molecule has 0 aliphatic carbocycles. The molecule has 1 unspecified atom stereocenters. The van der Waals surface area contributed by atoms with Gasteiger partial charge in [0, 0.05) is 44.0 Å². The fourth-order valence-corrected chi connectivity index (χ4v) is 2.38. The van der Waals surface area contributed by atoms with Crippen molar-refractivity contribution in [3.63, 3.8) is 0 Å². The van der Waals surface area contributed by atoms with E-state index in [0.29, 0.717) is 18.3 Å². The lowest BCUT2D eigenvalue weighted by molar-refractivity contribution is -0.383. The van der Waals surface area contributed by atoms with Crippen molar-refractivity contribution in [2.45, 2.75) is 13.0 Å². The van der Waals surface area contributed by atoms with Crippen LogP contribution in [-0.4, -0.2) is 48.9 Å². The van der Waals surface area contributed by atoms with Crippen LogP contribution in [0.25, 0.3) is 0 Å². The molecule has 1 atom stereocenters. The first-order chi connectivity index (χ1) is 9.61. The lowest BCUT2D eigenvalue weighted by Gasteiger charge is -2.33. The third kappa shape index (κ3) is 4.45. The quantitative estimate of drug-likeness (QED) is 0.559.